The number of nitrogens with one attached hydrogen (secondary N) is 2. The van der Waals surface area contributed by atoms with E-state index in [0.29, 0.717) is 13.0 Å². The monoisotopic (exact) mass is 349 g/mol. The number of hydrogen-bond acceptors (Lipinski definition) is 4. The van der Waals surface area contributed by atoms with Gasteiger partial charge in [0.1, 0.15) is 5.02 Å². The lowest BCUT2D eigenvalue weighted by Gasteiger charge is -2.36. The van der Waals surface area contributed by atoms with Gasteiger partial charge in [0.05, 0.1) is 12.1 Å². The first-order chi connectivity index (χ1) is 11.6. The highest BCUT2D eigenvalue weighted by Crippen LogP contribution is 2.28. The lowest BCUT2D eigenvalue weighted by atomic mass is 9.87. The molecule has 0 aliphatic heterocycles. The summed E-state index contributed by atoms with van der Waals surface area (Å²) < 4.78 is 1.34. The Morgan fingerprint density at radius 2 is 2.00 bits per heavy atom. The first-order valence-electron chi connectivity index (χ1n) is 8.02. The molecule has 7 heteroatoms. The van der Waals surface area contributed by atoms with Crippen LogP contribution in [0.2, 0.25) is 5.02 Å². The van der Waals surface area contributed by atoms with Crippen LogP contribution in [0.1, 0.15) is 30.9 Å². The number of aliphatic hydroxyl groups excluding tert-OH is 1. The molecule has 1 heterocycles. The van der Waals surface area contributed by atoms with Gasteiger partial charge >= 0.3 is 5.69 Å². The van der Waals surface area contributed by atoms with Crippen molar-refractivity contribution >= 4 is 11.6 Å². The van der Waals surface area contributed by atoms with Gasteiger partial charge in [0, 0.05) is 18.8 Å². The molecule has 0 bridgehead atoms. The topological polar surface area (TPSA) is 87.1 Å². The maximum Gasteiger partial charge on any atom is 0.328 e. The molecular weight excluding hydrogens is 330 g/mol. The van der Waals surface area contributed by atoms with E-state index in [1.165, 1.54) is 10.8 Å². The zero-order chi connectivity index (χ0) is 17.1. The Labute approximate surface area is 144 Å². The fraction of sp³-hybridized carbons (Fsp3) is 0.412. The molecule has 1 aromatic heterocycles. The van der Waals surface area contributed by atoms with Gasteiger partial charge in [-0.15, -0.1) is 0 Å². The molecule has 1 saturated carbocycles. The molecule has 2 aromatic rings. The minimum Gasteiger partial charge on any atom is -0.389 e. The summed E-state index contributed by atoms with van der Waals surface area (Å²) in [4.78, 5) is 25.6. The van der Waals surface area contributed by atoms with Gasteiger partial charge in [-0.2, -0.15) is 0 Å². The van der Waals surface area contributed by atoms with Gasteiger partial charge in [0.25, 0.3) is 5.56 Å². The lowest BCUT2D eigenvalue weighted by molar-refractivity contribution is 0.0403. The first-order valence-corrected chi connectivity index (χ1v) is 8.40. The van der Waals surface area contributed by atoms with E-state index >= 15 is 0 Å². The highest BCUT2D eigenvalue weighted by Gasteiger charge is 2.33. The van der Waals surface area contributed by atoms with Crippen molar-refractivity contribution in [3.8, 4) is 0 Å². The fourth-order valence-corrected chi connectivity index (χ4v) is 3.39. The van der Waals surface area contributed by atoms with Crippen LogP contribution in [0.25, 0.3) is 0 Å². The summed E-state index contributed by atoms with van der Waals surface area (Å²) in [7, 11) is 0. The Hall–Kier alpha value is -1.89. The summed E-state index contributed by atoms with van der Waals surface area (Å²) in [5, 5.41) is 14.0. The number of aliphatic hydroxyl groups is 1. The second-order valence-corrected chi connectivity index (χ2v) is 6.51. The minimum absolute atomic E-state index is 0.0545. The molecule has 6 nitrogen and oxygen atoms in total. The van der Waals surface area contributed by atoms with Crippen molar-refractivity contribution in [1.82, 2.24) is 14.9 Å². The molecule has 1 fully saturated rings. The van der Waals surface area contributed by atoms with Crippen molar-refractivity contribution in [1.29, 1.82) is 0 Å². The van der Waals surface area contributed by atoms with Gasteiger partial charge in [0.15, 0.2) is 0 Å². The van der Waals surface area contributed by atoms with E-state index in [2.05, 4.69) is 10.3 Å². The SMILES string of the molecule is O=c1[nH]c(=O)n([C@@H]2CCC[C@@H](NCc3ccccc3)[C@H]2O)cc1Cl. The van der Waals surface area contributed by atoms with Crippen molar-refractivity contribution in [3.05, 3.63) is 68.0 Å². The van der Waals surface area contributed by atoms with Gasteiger partial charge in [0.2, 0.25) is 0 Å². The standard InChI is InChI=1S/C17H20ClN3O3/c18-12-10-21(17(24)20-16(12)23)14-8-4-7-13(15(14)22)19-9-11-5-2-1-3-6-11/h1-3,5-6,10,13-15,19,22H,4,7-9H2,(H,20,23,24)/t13-,14-,15-/m1/s1. The second kappa shape index (κ2) is 7.34. The third-order valence-electron chi connectivity index (χ3n) is 4.51. The number of rotatable bonds is 4. The van der Waals surface area contributed by atoms with Crippen LogP contribution < -0.4 is 16.6 Å². The molecule has 3 rings (SSSR count). The van der Waals surface area contributed by atoms with Crippen LogP contribution in [0.15, 0.2) is 46.1 Å². The zero-order valence-corrected chi connectivity index (χ0v) is 13.9. The predicted molar refractivity (Wildman–Crippen MR) is 92.3 cm³/mol. The number of aromatic amines is 1. The van der Waals surface area contributed by atoms with Crippen molar-refractivity contribution in [2.75, 3.05) is 0 Å². The van der Waals surface area contributed by atoms with Crippen LogP contribution in [0.4, 0.5) is 0 Å². The van der Waals surface area contributed by atoms with Crippen LogP contribution in [0.3, 0.4) is 0 Å². The maximum atomic E-state index is 12.0. The molecule has 128 valence electrons. The molecule has 0 saturated heterocycles. The first kappa shape index (κ1) is 17.0. The van der Waals surface area contributed by atoms with E-state index in [4.69, 9.17) is 11.6 Å². The van der Waals surface area contributed by atoms with Crippen LogP contribution >= 0.6 is 11.6 Å². The quantitative estimate of drug-likeness (QED) is 0.779. The zero-order valence-electron chi connectivity index (χ0n) is 13.1. The maximum absolute atomic E-state index is 12.0. The van der Waals surface area contributed by atoms with E-state index in [1.807, 2.05) is 30.3 Å². The van der Waals surface area contributed by atoms with E-state index in [-0.39, 0.29) is 11.1 Å². The number of nitrogens with zero attached hydrogens (tertiary/aromatic N) is 1. The van der Waals surface area contributed by atoms with E-state index in [1.54, 1.807) is 0 Å². The highest BCUT2D eigenvalue weighted by molar-refractivity contribution is 6.30. The van der Waals surface area contributed by atoms with E-state index in [0.717, 1.165) is 18.4 Å². The summed E-state index contributed by atoms with van der Waals surface area (Å²) in [6.45, 7) is 0.649. The van der Waals surface area contributed by atoms with E-state index < -0.39 is 23.4 Å². The molecule has 24 heavy (non-hydrogen) atoms. The van der Waals surface area contributed by atoms with Crippen LogP contribution in [-0.4, -0.2) is 26.8 Å². The third-order valence-corrected chi connectivity index (χ3v) is 4.78. The highest BCUT2D eigenvalue weighted by atomic mass is 35.5. The molecule has 3 atom stereocenters. The number of hydrogen-bond donors (Lipinski definition) is 3. The molecule has 0 unspecified atom stereocenters. The number of aromatic nitrogens is 2. The van der Waals surface area contributed by atoms with Crippen LogP contribution in [0.5, 0.6) is 0 Å². The molecule has 0 spiro atoms. The van der Waals surface area contributed by atoms with Gasteiger partial charge in [-0.3, -0.25) is 14.3 Å². The largest absolute Gasteiger partial charge is 0.389 e. The molecular formula is C17H20ClN3O3. The normalized spacial score (nSPS) is 24.0. The minimum atomic E-state index is -0.734. The summed E-state index contributed by atoms with van der Waals surface area (Å²) >= 11 is 5.83. The number of halogens is 1. The van der Waals surface area contributed by atoms with Crippen molar-refractivity contribution in [3.63, 3.8) is 0 Å². The Morgan fingerprint density at radius 1 is 1.25 bits per heavy atom. The number of benzene rings is 1. The molecule has 1 aromatic carbocycles. The summed E-state index contributed by atoms with van der Waals surface area (Å²) in [6.07, 6.45) is 2.94. The predicted octanol–water partition coefficient (Wildman–Crippen LogP) is 1.43. The fourth-order valence-electron chi connectivity index (χ4n) is 3.23. The number of H-pyrrole nitrogens is 1. The Kier molecular flexibility index (Phi) is 5.18. The van der Waals surface area contributed by atoms with Gasteiger partial charge < -0.3 is 10.4 Å². The summed E-state index contributed by atoms with van der Waals surface area (Å²) in [6, 6.07) is 9.41. The van der Waals surface area contributed by atoms with Gasteiger partial charge in [-0.05, 0) is 24.8 Å². The molecule has 1 aliphatic carbocycles. The third kappa shape index (κ3) is 3.61. The average Bonchev–Trinajstić information content (AvgIpc) is 2.58. The Balaban J connectivity index is 1.75. The second-order valence-electron chi connectivity index (χ2n) is 6.11. The average molecular weight is 350 g/mol. The van der Waals surface area contributed by atoms with E-state index in [9.17, 15) is 14.7 Å². The van der Waals surface area contributed by atoms with Crippen molar-refractivity contribution in [2.45, 2.75) is 44.0 Å². The lowest BCUT2D eigenvalue weighted by Crippen LogP contribution is -2.49. The van der Waals surface area contributed by atoms with Crippen molar-refractivity contribution < 1.29 is 5.11 Å². The molecule has 3 N–H and O–H groups in total. The summed E-state index contributed by atoms with van der Waals surface area (Å²) in [5.41, 5.74) is -0.0183. The summed E-state index contributed by atoms with van der Waals surface area (Å²) in [5.74, 6) is 0. The molecule has 0 radical (unpaired) electrons. The van der Waals surface area contributed by atoms with Gasteiger partial charge in [-0.25, -0.2) is 4.79 Å². The van der Waals surface area contributed by atoms with Gasteiger partial charge in [-0.1, -0.05) is 41.9 Å². The smallest absolute Gasteiger partial charge is 0.328 e. The van der Waals surface area contributed by atoms with Crippen molar-refractivity contribution in [2.24, 2.45) is 0 Å². The molecule has 0 amide bonds. The Bertz CT molecular complexity index is 803. The molecule has 1 aliphatic rings. The van der Waals surface area contributed by atoms with Crippen LogP contribution in [0, 0.1) is 0 Å². The Morgan fingerprint density at radius 3 is 2.75 bits per heavy atom. The van der Waals surface area contributed by atoms with Crippen LogP contribution in [-0.2, 0) is 6.54 Å².